The number of benzene rings is 3. The summed E-state index contributed by atoms with van der Waals surface area (Å²) in [4.78, 5) is 33.7. The summed E-state index contributed by atoms with van der Waals surface area (Å²) in [6.07, 6.45) is 1.48. The fraction of sp³-hybridized carbons (Fsp3) is 0.250. The Morgan fingerprint density at radius 2 is 1.77 bits per heavy atom. The number of aromatic nitrogens is 2. The first-order valence-electron chi connectivity index (χ1n) is 11.9. The van der Waals surface area contributed by atoms with Crippen LogP contribution in [0.15, 0.2) is 77.6 Å². The summed E-state index contributed by atoms with van der Waals surface area (Å²) in [5.41, 5.74) is 2.97. The molecule has 0 aliphatic heterocycles. The largest absolute Gasteiger partial charge is 0.322 e. The van der Waals surface area contributed by atoms with Crippen molar-refractivity contribution in [1.29, 1.82) is 0 Å². The van der Waals surface area contributed by atoms with Gasteiger partial charge >= 0.3 is 6.03 Å². The summed E-state index contributed by atoms with van der Waals surface area (Å²) in [5.74, 6) is 0.531. The number of urea groups is 1. The summed E-state index contributed by atoms with van der Waals surface area (Å²) in [6, 6.07) is 21.6. The average Bonchev–Trinajstić information content (AvgIpc) is 2.87. The molecule has 0 fully saturated rings. The van der Waals surface area contributed by atoms with Crippen molar-refractivity contribution < 1.29 is 4.79 Å². The Labute approximate surface area is 210 Å². The Morgan fingerprint density at radius 3 is 2.43 bits per heavy atom. The number of fused-ring (bicyclic) bond motifs is 1. The van der Waals surface area contributed by atoms with Crippen LogP contribution in [0.25, 0.3) is 16.6 Å². The van der Waals surface area contributed by atoms with E-state index < -0.39 is 6.04 Å². The molecule has 7 heteroatoms. The molecule has 3 aromatic carbocycles. The molecule has 0 saturated carbocycles. The van der Waals surface area contributed by atoms with Crippen molar-refractivity contribution in [2.45, 2.75) is 39.7 Å². The van der Waals surface area contributed by atoms with E-state index in [9.17, 15) is 9.59 Å². The predicted octanol–water partition coefficient (Wildman–Crippen LogP) is 6.61. The van der Waals surface area contributed by atoms with E-state index in [1.165, 1.54) is 5.56 Å². The molecule has 6 nitrogen and oxygen atoms in total. The molecule has 4 aromatic rings. The van der Waals surface area contributed by atoms with Crippen molar-refractivity contribution in [3.63, 3.8) is 0 Å². The zero-order valence-corrected chi connectivity index (χ0v) is 20.9. The zero-order valence-electron chi connectivity index (χ0n) is 20.2. The summed E-state index contributed by atoms with van der Waals surface area (Å²) < 4.78 is 1.64. The molecule has 0 radical (unpaired) electrons. The Morgan fingerprint density at radius 1 is 1.03 bits per heavy atom. The van der Waals surface area contributed by atoms with Gasteiger partial charge in [0.1, 0.15) is 5.82 Å². The molecule has 0 aliphatic carbocycles. The van der Waals surface area contributed by atoms with Crippen molar-refractivity contribution in [3.8, 4) is 5.69 Å². The van der Waals surface area contributed by atoms with Gasteiger partial charge in [0.05, 0.1) is 22.6 Å². The van der Waals surface area contributed by atoms with Gasteiger partial charge in [0.2, 0.25) is 0 Å². The lowest BCUT2D eigenvalue weighted by Crippen LogP contribution is -2.40. The molecule has 1 N–H and O–H groups in total. The fourth-order valence-electron chi connectivity index (χ4n) is 4.31. The number of aryl methyl sites for hydroxylation is 1. The number of carbonyl (C=O) groups is 1. The number of halogens is 1. The Balaban J connectivity index is 1.84. The van der Waals surface area contributed by atoms with Gasteiger partial charge in [0.25, 0.3) is 5.56 Å². The van der Waals surface area contributed by atoms with Gasteiger partial charge in [-0.25, -0.2) is 9.78 Å². The standard InChI is InChI=1S/C28H29ClN4O2/c1-4-19-14-16-22(17-15-19)33-26(31-24-13-8-7-12-23(24)27(33)34)25(5-2)32(6-3)28(35)30-21-11-9-10-20(29)18-21/h7-18,25H,4-6H2,1-3H3,(H,30,35). The normalized spacial score (nSPS) is 11.9. The van der Waals surface area contributed by atoms with Crippen LogP contribution in [0, 0.1) is 0 Å². The van der Waals surface area contributed by atoms with Crippen LogP contribution in [0.4, 0.5) is 10.5 Å². The van der Waals surface area contributed by atoms with Crippen LogP contribution in [-0.4, -0.2) is 27.0 Å². The predicted molar refractivity (Wildman–Crippen MR) is 143 cm³/mol. The fourth-order valence-corrected chi connectivity index (χ4v) is 4.50. The van der Waals surface area contributed by atoms with Gasteiger partial charge in [-0.2, -0.15) is 0 Å². The number of hydrogen-bond donors (Lipinski definition) is 1. The Kier molecular flexibility index (Phi) is 7.51. The van der Waals surface area contributed by atoms with Crippen molar-refractivity contribution in [2.24, 2.45) is 0 Å². The van der Waals surface area contributed by atoms with Gasteiger partial charge in [-0.1, -0.05) is 55.8 Å². The van der Waals surface area contributed by atoms with Gasteiger partial charge in [-0.15, -0.1) is 0 Å². The molecule has 35 heavy (non-hydrogen) atoms. The molecule has 0 spiro atoms. The third-order valence-electron chi connectivity index (χ3n) is 6.14. The van der Waals surface area contributed by atoms with E-state index in [2.05, 4.69) is 12.2 Å². The number of nitrogens with zero attached hydrogens (tertiary/aromatic N) is 3. The first kappa shape index (κ1) is 24.5. The molecule has 0 bridgehead atoms. The van der Waals surface area contributed by atoms with Crippen molar-refractivity contribution >= 4 is 34.2 Å². The minimum Gasteiger partial charge on any atom is -0.315 e. The second kappa shape index (κ2) is 10.7. The minimum absolute atomic E-state index is 0.153. The molecule has 4 rings (SSSR count). The summed E-state index contributed by atoms with van der Waals surface area (Å²) in [5, 5.41) is 4.01. The molecule has 1 heterocycles. The number of hydrogen-bond acceptors (Lipinski definition) is 3. The summed E-state index contributed by atoms with van der Waals surface area (Å²) in [7, 11) is 0. The summed E-state index contributed by atoms with van der Waals surface area (Å²) in [6.45, 7) is 6.43. The van der Waals surface area contributed by atoms with Gasteiger partial charge in [0, 0.05) is 17.3 Å². The van der Waals surface area contributed by atoms with E-state index >= 15 is 0 Å². The maximum Gasteiger partial charge on any atom is 0.322 e. The first-order chi connectivity index (χ1) is 17.0. The molecule has 0 aliphatic rings. The van der Waals surface area contributed by atoms with E-state index in [4.69, 9.17) is 16.6 Å². The van der Waals surface area contributed by atoms with Crippen molar-refractivity contribution in [1.82, 2.24) is 14.5 Å². The van der Waals surface area contributed by atoms with Crippen LogP contribution in [-0.2, 0) is 6.42 Å². The number of para-hydroxylation sites is 1. The quantitative estimate of drug-likeness (QED) is 0.318. The molecule has 2 amide bonds. The van der Waals surface area contributed by atoms with Crippen LogP contribution < -0.4 is 10.9 Å². The maximum atomic E-state index is 13.7. The lowest BCUT2D eigenvalue weighted by molar-refractivity contribution is 0.185. The highest BCUT2D eigenvalue weighted by atomic mass is 35.5. The van der Waals surface area contributed by atoms with Gasteiger partial charge in [-0.05, 0) is 67.8 Å². The van der Waals surface area contributed by atoms with Crippen LogP contribution in [0.5, 0.6) is 0 Å². The molecular formula is C28H29ClN4O2. The number of nitrogens with one attached hydrogen (secondary N) is 1. The van der Waals surface area contributed by atoms with Crippen LogP contribution in [0.3, 0.4) is 0 Å². The minimum atomic E-state index is -0.428. The number of anilines is 1. The first-order valence-corrected chi connectivity index (χ1v) is 12.3. The van der Waals surface area contributed by atoms with E-state index in [0.29, 0.717) is 40.4 Å². The smallest absolute Gasteiger partial charge is 0.315 e. The van der Waals surface area contributed by atoms with Gasteiger partial charge in [-0.3, -0.25) is 9.36 Å². The van der Waals surface area contributed by atoms with E-state index in [0.717, 1.165) is 12.1 Å². The SMILES string of the molecule is CCc1ccc(-n2c(C(CC)N(CC)C(=O)Nc3cccc(Cl)c3)nc3ccccc3c2=O)cc1. The van der Waals surface area contributed by atoms with E-state index in [-0.39, 0.29) is 11.6 Å². The third kappa shape index (κ3) is 5.08. The van der Waals surface area contributed by atoms with Gasteiger partial charge < -0.3 is 10.2 Å². The number of amides is 2. The van der Waals surface area contributed by atoms with Gasteiger partial charge in [0.15, 0.2) is 0 Å². The second-order valence-electron chi connectivity index (χ2n) is 8.30. The van der Waals surface area contributed by atoms with E-state index in [1.54, 1.807) is 39.8 Å². The molecule has 1 aromatic heterocycles. The summed E-state index contributed by atoms with van der Waals surface area (Å²) >= 11 is 6.10. The monoisotopic (exact) mass is 488 g/mol. The third-order valence-corrected chi connectivity index (χ3v) is 6.38. The zero-order chi connectivity index (χ0) is 24.9. The van der Waals surface area contributed by atoms with Crippen molar-refractivity contribution in [3.05, 3.63) is 99.6 Å². The number of carbonyl (C=O) groups excluding carboxylic acids is 1. The highest BCUT2D eigenvalue weighted by Gasteiger charge is 2.28. The number of rotatable bonds is 7. The molecule has 1 atom stereocenters. The topological polar surface area (TPSA) is 67.2 Å². The lowest BCUT2D eigenvalue weighted by atomic mass is 10.1. The molecule has 0 saturated heterocycles. The highest BCUT2D eigenvalue weighted by Crippen LogP contribution is 2.27. The Bertz CT molecular complexity index is 1400. The average molecular weight is 489 g/mol. The van der Waals surface area contributed by atoms with Crippen LogP contribution in [0.2, 0.25) is 5.02 Å². The van der Waals surface area contributed by atoms with E-state index in [1.807, 2.05) is 56.3 Å². The van der Waals surface area contributed by atoms with Crippen molar-refractivity contribution in [2.75, 3.05) is 11.9 Å². The lowest BCUT2D eigenvalue weighted by Gasteiger charge is -2.31. The molecular weight excluding hydrogens is 460 g/mol. The molecule has 1 unspecified atom stereocenters. The van der Waals surface area contributed by atoms with Crippen LogP contribution >= 0.6 is 11.6 Å². The Hall–Kier alpha value is -3.64. The molecule has 180 valence electrons. The highest BCUT2D eigenvalue weighted by molar-refractivity contribution is 6.30. The second-order valence-corrected chi connectivity index (χ2v) is 8.73. The van der Waals surface area contributed by atoms with Crippen LogP contribution in [0.1, 0.15) is 44.6 Å². The maximum absolute atomic E-state index is 13.7.